The van der Waals surface area contributed by atoms with Gasteiger partial charge in [-0.15, -0.1) is 13.2 Å². The molecule has 1 aliphatic heterocycles. The van der Waals surface area contributed by atoms with Crippen molar-refractivity contribution >= 4 is 0 Å². The zero-order valence-electron chi connectivity index (χ0n) is 11.0. The Balaban J connectivity index is 1.52. The largest absolute Gasteiger partial charge is 0.573 e. The number of halogens is 3. The van der Waals surface area contributed by atoms with Gasteiger partial charge in [0.05, 0.1) is 0 Å². The lowest BCUT2D eigenvalue weighted by Crippen LogP contribution is -2.68. The Hall–Kier alpha value is -1.27. The first-order valence-corrected chi connectivity index (χ1v) is 6.70. The Morgan fingerprint density at radius 3 is 2.30 bits per heavy atom. The van der Waals surface area contributed by atoms with E-state index in [-0.39, 0.29) is 11.3 Å². The van der Waals surface area contributed by atoms with Crippen LogP contribution in [0.1, 0.15) is 18.4 Å². The van der Waals surface area contributed by atoms with Crippen LogP contribution in [-0.2, 0) is 6.54 Å². The normalized spacial score (nSPS) is 22.4. The molecule has 0 bridgehead atoms. The number of ether oxygens (including phenoxy) is 1. The molecule has 2 fully saturated rings. The van der Waals surface area contributed by atoms with E-state index in [1.807, 2.05) is 0 Å². The zero-order chi connectivity index (χ0) is 14.4. The minimum Gasteiger partial charge on any atom is -0.406 e. The highest BCUT2D eigenvalue weighted by atomic mass is 19.4. The molecule has 110 valence electrons. The lowest BCUT2D eigenvalue weighted by molar-refractivity contribution is -0.274. The summed E-state index contributed by atoms with van der Waals surface area (Å²) in [6.45, 7) is 2.47. The van der Waals surface area contributed by atoms with Crippen molar-refractivity contribution in [2.24, 2.45) is 11.7 Å². The van der Waals surface area contributed by atoms with Crippen molar-refractivity contribution in [3.05, 3.63) is 29.8 Å². The Labute approximate surface area is 115 Å². The average Bonchev–Trinajstić information content (AvgIpc) is 3.11. The maximum absolute atomic E-state index is 12.0. The van der Waals surface area contributed by atoms with E-state index in [1.54, 1.807) is 12.1 Å². The van der Waals surface area contributed by atoms with E-state index in [9.17, 15) is 13.2 Å². The molecule has 1 saturated carbocycles. The maximum Gasteiger partial charge on any atom is 0.573 e. The molecule has 20 heavy (non-hydrogen) atoms. The highest BCUT2D eigenvalue weighted by molar-refractivity contribution is 5.28. The molecule has 0 unspecified atom stereocenters. The second-order valence-corrected chi connectivity index (χ2v) is 5.84. The number of nitrogens with zero attached hydrogens (tertiary/aromatic N) is 1. The fourth-order valence-electron chi connectivity index (χ4n) is 2.87. The first-order chi connectivity index (χ1) is 9.34. The van der Waals surface area contributed by atoms with Crippen molar-refractivity contribution in [2.75, 3.05) is 13.1 Å². The average molecular weight is 286 g/mol. The molecule has 6 heteroatoms. The lowest BCUT2D eigenvalue weighted by atomic mass is 9.85. The molecule has 0 aromatic heterocycles. The van der Waals surface area contributed by atoms with Gasteiger partial charge in [0.15, 0.2) is 0 Å². The minimum absolute atomic E-state index is 0.0284. The Kier molecular flexibility index (Phi) is 3.17. The Morgan fingerprint density at radius 1 is 1.20 bits per heavy atom. The summed E-state index contributed by atoms with van der Waals surface area (Å²) in [4.78, 5) is 2.22. The van der Waals surface area contributed by atoms with Crippen LogP contribution in [0.2, 0.25) is 0 Å². The molecule has 2 aliphatic rings. The van der Waals surface area contributed by atoms with E-state index in [2.05, 4.69) is 9.64 Å². The molecular formula is C14H17F3N2O. The predicted molar refractivity (Wildman–Crippen MR) is 68.0 cm³/mol. The third-order valence-corrected chi connectivity index (χ3v) is 3.99. The van der Waals surface area contributed by atoms with Gasteiger partial charge in [0.25, 0.3) is 0 Å². The topological polar surface area (TPSA) is 38.5 Å². The molecule has 0 atom stereocenters. The SMILES string of the molecule is NC1(C2CC2)CN(Cc2ccc(OC(F)(F)F)cc2)C1. The third-order valence-electron chi connectivity index (χ3n) is 3.99. The van der Waals surface area contributed by atoms with Crippen LogP contribution in [0.25, 0.3) is 0 Å². The van der Waals surface area contributed by atoms with E-state index in [4.69, 9.17) is 5.73 Å². The van der Waals surface area contributed by atoms with Crippen LogP contribution >= 0.6 is 0 Å². The summed E-state index contributed by atoms with van der Waals surface area (Å²) in [6, 6.07) is 6.02. The second-order valence-electron chi connectivity index (χ2n) is 5.84. The number of benzene rings is 1. The van der Waals surface area contributed by atoms with Gasteiger partial charge in [0, 0.05) is 25.2 Å². The maximum atomic E-state index is 12.0. The first kappa shape index (κ1) is 13.7. The van der Waals surface area contributed by atoms with Crippen LogP contribution < -0.4 is 10.5 Å². The molecule has 3 nitrogen and oxygen atoms in total. The van der Waals surface area contributed by atoms with E-state index < -0.39 is 6.36 Å². The summed E-state index contributed by atoms with van der Waals surface area (Å²) in [6.07, 6.45) is -2.18. The van der Waals surface area contributed by atoms with Gasteiger partial charge in [-0.3, -0.25) is 4.90 Å². The molecule has 3 rings (SSSR count). The van der Waals surface area contributed by atoms with Gasteiger partial charge in [0.1, 0.15) is 5.75 Å². The second kappa shape index (κ2) is 4.63. The molecule has 1 aliphatic carbocycles. The van der Waals surface area contributed by atoms with Crippen molar-refractivity contribution < 1.29 is 17.9 Å². The van der Waals surface area contributed by atoms with Gasteiger partial charge in [0.2, 0.25) is 0 Å². The van der Waals surface area contributed by atoms with E-state index in [0.29, 0.717) is 5.92 Å². The fraction of sp³-hybridized carbons (Fsp3) is 0.571. The summed E-state index contributed by atoms with van der Waals surface area (Å²) in [5, 5.41) is 0. The minimum atomic E-state index is -4.64. The van der Waals surface area contributed by atoms with Crippen molar-refractivity contribution in [2.45, 2.75) is 31.3 Å². The Morgan fingerprint density at radius 2 is 1.80 bits per heavy atom. The molecule has 2 N–H and O–H groups in total. The van der Waals surface area contributed by atoms with Crippen molar-refractivity contribution in [1.82, 2.24) is 4.90 Å². The third kappa shape index (κ3) is 3.07. The molecule has 0 amide bonds. The quantitative estimate of drug-likeness (QED) is 0.924. The van der Waals surface area contributed by atoms with Gasteiger partial charge < -0.3 is 10.5 Å². The lowest BCUT2D eigenvalue weighted by Gasteiger charge is -2.48. The zero-order valence-corrected chi connectivity index (χ0v) is 11.0. The number of nitrogens with two attached hydrogens (primary N) is 1. The van der Waals surface area contributed by atoms with Gasteiger partial charge in [-0.05, 0) is 36.5 Å². The predicted octanol–water partition coefficient (Wildman–Crippen LogP) is 2.51. The van der Waals surface area contributed by atoms with Crippen LogP contribution in [0.5, 0.6) is 5.75 Å². The van der Waals surface area contributed by atoms with Gasteiger partial charge in [-0.25, -0.2) is 0 Å². The van der Waals surface area contributed by atoms with E-state index in [1.165, 1.54) is 25.0 Å². The monoisotopic (exact) mass is 286 g/mol. The molecule has 1 saturated heterocycles. The van der Waals surface area contributed by atoms with Crippen LogP contribution in [-0.4, -0.2) is 29.9 Å². The van der Waals surface area contributed by atoms with E-state index >= 15 is 0 Å². The molecular weight excluding hydrogens is 269 g/mol. The highest BCUT2D eigenvalue weighted by Gasteiger charge is 2.49. The standard InChI is InChI=1S/C14H17F3N2O/c15-14(16,17)20-12-5-1-10(2-6-12)7-19-8-13(18,9-19)11-3-4-11/h1-2,5-6,11H,3-4,7-9,18H2. The summed E-state index contributed by atoms with van der Waals surface area (Å²) < 4.78 is 40.0. The molecule has 0 spiro atoms. The van der Waals surface area contributed by atoms with Crippen molar-refractivity contribution in [3.8, 4) is 5.75 Å². The summed E-state index contributed by atoms with van der Waals surface area (Å²) in [7, 11) is 0. The summed E-state index contributed by atoms with van der Waals surface area (Å²) >= 11 is 0. The first-order valence-electron chi connectivity index (χ1n) is 6.70. The fourth-order valence-corrected chi connectivity index (χ4v) is 2.87. The molecule has 1 aromatic rings. The Bertz CT molecular complexity index is 476. The van der Waals surface area contributed by atoms with Gasteiger partial charge in [-0.1, -0.05) is 12.1 Å². The van der Waals surface area contributed by atoms with Crippen LogP contribution in [0.4, 0.5) is 13.2 Å². The van der Waals surface area contributed by atoms with Crippen LogP contribution in [0, 0.1) is 5.92 Å². The smallest absolute Gasteiger partial charge is 0.406 e. The van der Waals surface area contributed by atoms with Gasteiger partial charge in [-0.2, -0.15) is 0 Å². The molecule has 1 aromatic carbocycles. The highest BCUT2D eigenvalue weighted by Crippen LogP contribution is 2.43. The van der Waals surface area contributed by atoms with Crippen molar-refractivity contribution in [1.29, 1.82) is 0 Å². The van der Waals surface area contributed by atoms with Crippen LogP contribution in [0.15, 0.2) is 24.3 Å². The van der Waals surface area contributed by atoms with Gasteiger partial charge >= 0.3 is 6.36 Å². The summed E-state index contributed by atoms with van der Waals surface area (Å²) in [5.74, 6) is 0.484. The number of likely N-dealkylation sites (tertiary alicyclic amines) is 1. The van der Waals surface area contributed by atoms with E-state index in [0.717, 1.165) is 25.2 Å². The summed E-state index contributed by atoms with van der Waals surface area (Å²) in [5.41, 5.74) is 7.20. The molecule has 1 heterocycles. The number of rotatable bonds is 4. The molecule has 0 radical (unpaired) electrons. The van der Waals surface area contributed by atoms with Crippen LogP contribution in [0.3, 0.4) is 0 Å². The number of hydrogen-bond acceptors (Lipinski definition) is 3. The number of alkyl halides is 3. The number of hydrogen-bond donors (Lipinski definition) is 1. The van der Waals surface area contributed by atoms with Crippen molar-refractivity contribution in [3.63, 3.8) is 0 Å².